The van der Waals surface area contributed by atoms with Gasteiger partial charge in [-0.1, -0.05) is 84.6 Å². The molecule has 0 amide bonds. The van der Waals surface area contributed by atoms with Crippen LogP contribution in [-0.4, -0.2) is 0 Å². The summed E-state index contributed by atoms with van der Waals surface area (Å²) in [6, 6.07) is 4.60. The van der Waals surface area contributed by atoms with E-state index in [0.29, 0.717) is 5.92 Å². The molecule has 2 rings (SSSR count). The van der Waals surface area contributed by atoms with Gasteiger partial charge < -0.3 is 0 Å². The highest BCUT2D eigenvalue weighted by Crippen LogP contribution is 2.45. The monoisotopic (exact) mass is 314 g/mol. The van der Waals surface area contributed by atoms with Crippen LogP contribution >= 0.6 is 0 Å². The fraction of sp³-hybridized carbons (Fsp3) is 0.652. The number of rotatable bonds is 5. The minimum atomic E-state index is 0.671. The van der Waals surface area contributed by atoms with Gasteiger partial charge in [-0.05, 0) is 54.4 Å². The van der Waals surface area contributed by atoms with Gasteiger partial charge in [-0.25, -0.2) is 0 Å². The Morgan fingerprint density at radius 3 is 1.91 bits per heavy atom. The van der Waals surface area contributed by atoms with E-state index in [9.17, 15) is 0 Å². The Bertz CT molecular complexity index is 515. The lowest BCUT2D eigenvalue weighted by atomic mass is 9.78. The molecule has 130 valence electrons. The van der Waals surface area contributed by atoms with E-state index in [-0.39, 0.29) is 0 Å². The standard InChI is InChI=1S/C18H26.C5H12/c1-6-14(7-2)17-13(5)11-15-10-9-12(4)16(8-3)18(15)17;1-4-5(2)3/h9-11,14,17H,6-8H2,1-5H3;5H,4H2,1-3H3. The van der Waals surface area contributed by atoms with E-state index in [1.54, 1.807) is 16.7 Å². The van der Waals surface area contributed by atoms with Crippen molar-refractivity contribution in [3.05, 3.63) is 40.0 Å². The number of fused-ring (bicyclic) bond motifs is 1. The molecule has 1 aromatic carbocycles. The van der Waals surface area contributed by atoms with Gasteiger partial charge in [-0.15, -0.1) is 0 Å². The maximum atomic E-state index is 2.41. The quantitative estimate of drug-likeness (QED) is 0.526. The summed E-state index contributed by atoms with van der Waals surface area (Å²) < 4.78 is 0. The molecule has 0 aliphatic heterocycles. The van der Waals surface area contributed by atoms with Gasteiger partial charge in [-0.2, -0.15) is 0 Å². The second-order valence-corrected chi connectivity index (χ2v) is 7.46. The zero-order valence-electron chi connectivity index (χ0n) is 16.8. The molecule has 0 spiro atoms. The van der Waals surface area contributed by atoms with Crippen LogP contribution in [0.2, 0.25) is 0 Å². The molecule has 0 N–H and O–H groups in total. The van der Waals surface area contributed by atoms with E-state index in [1.807, 2.05) is 0 Å². The predicted molar refractivity (Wildman–Crippen MR) is 106 cm³/mol. The molecule has 23 heavy (non-hydrogen) atoms. The molecule has 0 saturated heterocycles. The first-order chi connectivity index (χ1) is 10.9. The molecule has 0 saturated carbocycles. The average Bonchev–Trinajstić information content (AvgIpc) is 2.86. The predicted octanol–water partition coefficient (Wildman–Crippen LogP) is 7.55. The second kappa shape index (κ2) is 9.30. The smallest absolute Gasteiger partial charge is 0.00855 e. The third kappa shape index (κ3) is 4.72. The lowest BCUT2D eigenvalue weighted by Crippen LogP contribution is -2.13. The largest absolute Gasteiger partial charge is 0.0651 e. The van der Waals surface area contributed by atoms with Crippen molar-refractivity contribution in [1.82, 2.24) is 0 Å². The van der Waals surface area contributed by atoms with Gasteiger partial charge in [0, 0.05) is 5.92 Å². The van der Waals surface area contributed by atoms with Crippen LogP contribution < -0.4 is 0 Å². The molecule has 1 aliphatic carbocycles. The topological polar surface area (TPSA) is 0 Å². The van der Waals surface area contributed by atoms with Crippen LogP contribution in [0, 0.1) is 18.8 Å². The molecule has 0 radical (unpaired) electrons. The van der Waals surface area contributed by atoms with Crippen molar-refractivity contribution >= 4 is 6.08 Å². The molecular weight excluding hydrogens is 276 g/mol. The Hall–Kier alpha value is -1.04. The molecule has 0 bridgehead atoms. The van der Waals surface area contributed by atoms with E-state index >= 15 is 0 Å². The normalized spacial score (nSPS) is 16.3. The summed E-state index contributed by atoms with van der Waals surface area (Å²) in [6.07, 6.45) is 7.44. The fourth-order valence-corrected chi connectivity index (χ4v) is 3.68. The second-order valence-electron chi connectivity index (χ2n) is 7.46. The molecule has 0 fully saturated rings. The SMILES string of the molecule is CCC(C)C.CCc1c(C)ccc2c1C(C(CC)CC)C(C)=C2. The van der Waals surface area contributed by atoms with Crippen molar-refractivity contribution in [1.29, 1.82) is 0 Å². The minimum Gasteiger partial charge on any atom is -0.0651 e. The van der Waals surface area contributed by atoms with Crippen LogP contribution in [0.25, 0.3) is 6.08 Å². The van der Waals surface area contributed by atoms with Gasteiger partial charge >= 0.3 is 0 Å². The highest BCUT2D eigenvalue weighted by molar-refractivity contribution is 5.69. The van der Waals surface area contributed by atoms with E-state index in [1.165, 1.54) is 30.4 Å². The molecule has 0 aromatic heterocycles. The van der Waals surface area contributed by atoms with Crippen molar-refractivity contribution in [3.8, 4) is 0 Å². The first-order valence-electron chi connectivity index (χ1n) is 9.71. The van der Waals surface area contributed by atoms with Crippen molar-refractivity contribution in [3.63, 3.8) is 0 Å². The highest BCUT2D eigenvalue weighted by atomic mass is 14.3. The van der Waals surface area contributed by atoms with E-state index in [4.69, 9.17) is 0 Å². The van der Waals surface area contributed by atoms with Gasteiger partial charge in [0.15, 0.2) is 0 Å². The van der Waals surface area contributed by atoms with Crippen LogP contribution in [-0.2, 0) is 6.42 Å². The van der Waals surface area contributed by atoms with Crippen molar-refractivity contribution in [2.75, 3.05) is 0 Å². The van der Waals surface area contributed by atoms with Gasteiger partial charge in [0.05, 0.1) is 0 Å². The lowest BCUT2D eigenvalue weighted by Gasteiger charge is -2.26. The molecule has 0 heterocycles. The molecule has 1 aliphatic rings. The maximum Gasteiger partial charge on any atom is 0.00855 e. The van der Waals surface area contributed by atoms with Crippen molar-refractivity contribution in [2.45, 2.75) is 87.0 Å². The summed E-state index contributed by atoms with van der Waals surface area (Å²) >= 11 is 0. The van der Waals surface area contributed by atoms with Crippen molar-refractivity contribution < 1.29 is 0 Å². The summed E-state index contributed by atoms with van der Waals surface area (Å²) in [5, 5.41) is 0. The van der Waals surface area contributed by atoms with Gasteiger partial charge in [0.2, 0.25) is 0 Å². The Morgan fingerprint density at radius 1 is 0.913 bits per heavy atom. The molecule has 1 atom stereocenters. The molecule has 0 nitrogen and oxygen atoms in total. The number of hydrogen-bond donors (Lipinski definition) is 0. The summed E-state index contributed by atoms with van der Waals surface area (Å²) in [5.74, 6) is 2.36. The zero-order chi connectivity index (χ0) is 17.6. The first-order valence-corrected chi connectivity index (χ1v) is 9.71. The summed E-state index contributed by atoms with van der Waals surface area (Å²) in [7, 11) is 0. The van der Waals surface area contributed by atoms with Crippen LogP contribution in [0.15, 0.2) is 17.7 Å². The van der Waals surface area contributed by atoms with E-state index in [0.717, 1.165) is 18.3 Å². The van der Waals surface area contributed by atoms with Gasteiger partial charge in [0.1, 0.15) is 0 Å². The van der Waals surface area contributed by atoms with Crippen LogP contribution in [0.5, 0.6) is 0 Å². The lowest BCUT2D eigenvalue weighted by molar-refractivity contribution is 0.436. The number of aryl methyl sites for hydroxylation is 1. The Labute approximate surface area is 145 Å². The Balaban J connectivity index is 0.000000463. The maximum absolute atomic E-state index is 2.41. The third-order valence-corrected chi connectivity index (χ3v) is 5.50. The Morgan fingerprint density at radius 2 is 1.48 bits per heavy atom. The molecule has 1 aromatic rings. The van der Waals surface area contributed by atoms with Crippen molar-refractivity contribution in [2.24, 2.45) is 11.8 Å². The number of hydrogen-bond acceptors (Lipinski definition) is 0. The summed E-state index contributed by atoms with van der Waals surface area (Å²) in [4.78, 5) is 0. The highest BCUT2D eigenvalue weighted by Gasteiger charge is 2.30. The van der Waals surface area contributed by atoms with Crippen LogP contribution in [0.4, 0.5) is 0 Å². The Kier molecular flexibility index (Phi) is 8.09. The van der Waals surface area contributed by atoms with Crippen LogP contribution in [0.1, 0.15) is 95.9 Å². The number of benzene rings is 1. The molecular formula is C23H38. The van der Waals surface area contributed by atoms with E-state index in [2.05, 4.69) is 73.6 Å². The average molecular weight is 315 g/mol. The fourth-order valence-electron chi connectivity index (χ4n) is 3.68. The third-order valence-electron chi connectivity index (χ3n) is 5.50. The minimum absolute atomic E-state index is 0.671. The zero-order valence-corrected chi connectivity index (χ0v) is 16.8. The van der Waals surface area contributed by atoms with Crippen LogP contribution in [0.3, 0.4) is 0 Å². The first kappa shape index (κ1) is 20.0. The molecule has 1 unspecified atom stereocenters. The van der Waals surface area contributed by atoms with Gasteiger partial charge in [-0.3, -0.25) is 0 Å². The van der Waals surface area contributed by atoms with E-state index < -0.39 is 0 Å². The summed E-state index contributed by atoms with van der Waals surface area (Å²) in [6.45, 7) is 18.2. The number of allylic oxidation sites excluding steroid dienone is 1. The summed E-state index contributed by atoms with van der Waals surface area (Å²) in [5.41, 5.74) is 7.75. The van der Waals surface area contributed by atoms with Gasteiger partial charge in [0.25, 0.3) is 0 Å². The molecule has 0 heteroatoms.